The van der Waals surface area contributed by atoms with Crippen molar-refractivity contribution in [1.29, 1.82) is 0 Å². The number of hydrogen-bond donors (Lipinski definition) is 0. The van der Waals surface area contributed by atoms with Gasteiger partial charge in [0, 0.05) is 0 Å². The molecule has 0 aliphatic heterocycles. The molecule has 0 unspecified atom stereocenters. The van der Waals surface area contributed by atoms with E-state index in [0.717, 1.165) is 12.3 Å². The van der Waals surface area contributed by atoms with E-state index in [1.165, 1.54) is 0 Å². The highest BCUT2D eigenvalue weighted by molar-refractivity contribution is 6.66. The highest BCUT2D eigenvalue weighted by Crippen LogP contribution is 1.80. The molecule has 0 aliphatic carbocycles. The van der Waals surface area contributed by atoms with Crippen molar-refractivity contribution in [1.82, 2.24) is 0 Å². The molecule has 0 bridgehead atoms. The molecule has 0 rings (SSSR count). The Hall–Kier alpha value is -0.810. The van der Waals surface area contributed by atoms with Gasteiger partial charge in [-0.1, -0.05) is 0 Å². The number of halogens is 1. The first-order valence-electron chi connectivity index (χ1n) is 1.50. The van der Waals surface area contributed by atoms with E-state index in [1.54, 1.807) is 0 Å². The molecule has 0 saturated carbocycles. The number of carbonyl (C=O) groups excluding carboxylic acids is 1. The molecule has 36 valence electrons. The lowest BCUT2D eigenvalue weighted by molar-refractivity contribution is -0.107. The zero-order valence-electron chi connectivity index (χ0n) is 3.39. The summed E-state index contributed by atoms with van der Waals surface area (Å²) < 4.78 is 0. The third kappa shape index (κ3) is 5.19. The van der Waals surface area contributed by atoms with Crippen molar-refractivity contribution in [3.8, 4) is 0 Å². The van der Waals surface area contributed by atoms with Gasteiger partial charge in [0.2, 0.25) is 5.24 Å². The molecule has 0 N–H and O–H groups in total. The lowest BCUT2D eigenvalue weighted by atomic mass is 10.7. The molecule has 0 aromatic heterocycles. The lowest BCUT2D eigenvalue weighted by Crippen LogP contribution is -1.70. The Morgan fingerprint density at radius 1 is 1.86 bits per heavy atom. The summed E-state index contributed by atoms with van der Waals surface area (Å²) in [6, 6.07) is 0. The van der Waals surface area contributed by atoms with Gasteiger partial charge in [0.05, 0.1) is 6.57 Å². The molecule has 0 atom stereocenters. The standard InChI is InChI=1S/C4H2ClNO/c1-6-3-2-4(5)7/h2-3H. The van der Waals surface area contributed by atoms with Crippen LogP contribution in [0, 0.1) is 6.57 Å². The molecule has 0 spiro atoms. The second-order valence-corrected chi connectivity index (χ2v) is 1.12. The van der Waals surface area contributed by atoms with E-state index < -0.39 is 5.24 Å². The fraction of sp³-hybridized carbons (Fsp3) is 0. The van der Waals surface area contributed by atoms with E-state index in [1.807, 2.05) is 0 Å². The van der Waals surface area contributed by atoms with Crippen molar-refractivity contribution in [2.75, 3.05) is 0 Å². The third-order valence-electron chi connectivity index (χ3n) is 0.280. The molecule has 0 aromatic rings. The Kier molecular flexibility index (Phi) is 2.99. The van der Waals surface area contributed by atoms with Crippen molar-refractivity contribution >= 4 is 16.8 Å². The quantitative estimate of drug-likeness (QED) is 0.286. The van der Waals surface area contributed by atoms with Crippen LogP contribution in [-0.2, 0) is 4.79 Å². The summed E-state index contributed by atoms with van der Waals surface area (Å²) in [5.74, 6) is 0. The topological polar surface area (TPSA) is 21.4 Å². The molecular weight excluding hydrogens is 114 g/mol. The van der Waals surface area contributed by atoms with Crippen LogP contribution in [0.5, 0.6) is 0 Å². The van der Waals surface area contributed by atoms with E-state index in [9.17, 15) is 4.79 Å². The zero-order valence-corrected chi connectivity index (χ0v) is 4.14. The minimum Gasteiger partial charge on any atom is -0.278 e. The molecule has 0 radical (unpaired) electrons. The van der Waals surface area contributed by atoms with E-state index in [2.05, 4.69) is 4.85 Å². The number of nitrogens with zero attached hydrogens (tertiary/aromatic N) is 1. The number of carbonyl (C=O) groups is 1. The van der Waals surface area contributed by atoms with Crippen LogP contribution in [0.2, 0.25) is 0 Å². The average molecular weight is 116 g/mol. The minimum absolute atomic E-state index is 0.615. The molecule has 0 heterocycles. The van der Waals surface area contributed by atoms with Gasteiger partial charge in [-0.3, -0.25) is 4.79 Å². The van der Waals surface area contributed by atoms with Gasteiger partial charge >= 0.3 is 0 Å². The number of hydrogen-bond acceptors (Lipinski definition) is 1. The number of allylic oxidation sites excluding steroid dienone is 1. The summed E-state index contributed by atoms with van der Waals surface area (Å²) in [6.45, 7) is 6.12. The van der Waals surface area contributed by atoms with Gasteiger partial charge in [-0.15, -0.1) is 0 Å². The van der Waals surface area contributed by atoms with Crippen LogP contribution in [0.1, 0.15) is 0 Å². The Morgan fingerprint density at radius 2 is 2.43 bits per heavy atom. The maximum absolute atomic E-state index is 9.74. The molecular formula is C4H2ClNO. The summed E-state index contributed by atoms with van der Waals surface area (Å²) in [6.07, 6.45) is 2.00. The zero-order chi connectivity index (χ0) is 5.70. The van der Waals surface area contributed by atoms with Gasteiger partial charge in [0.1, 0.15) is 0 Å². The largest absolute Gasteiger partial charge is 0.278 e. The lowest BCUT2D eigenvalue weighted by Gasteiger charge is -1.64. The van der Waals surface area contributed by atoms with Crippen LogP contribution in [0.25, 0.3) is 4.85 Å². The summed E-state index contributed by atoms with van der Waals surface area (Å²) in [7, 11) is 0. The maximum atomic E-state index is 9.74. The van der Waals surface area contributed by atoms with E-state index >= 15 is 0 Å². The van der Waals surface area contributed by atoms with Crippen LogP contribution in [-0.4, -0.2) is 5.24 Å². The summed E-state index contributed by atoms with van der Waals surface area (Å²) >= 11 is 4.79. The predicted octanol–water partition coefficient (Wildman–Crippen LogP) is 1.18. The van der Waals surface area contributed by atoms with E-state index in [0.29, 0.717) is 0 Å². The fourth-order valence-corrected chi connectivity index (χ4v) is 0.152. The maximum Gasteiger partial charge on any atom is 0.234 e. The van der Waals surface area contributed by atoms with Gasteiger partial charge in [0.15, 0.2) is 6.20 Å². The molecule has 0 amide bonds. The van der Waals surface area contributed by atoms with Gasteiger partial charge < -0.3 is 0 Å². The van der Waals surface area contributed by atoms with Crippen LogP contribution in [0.15, 0.2) is 12.3 Å². The summed E-state index contributed by atoms with van der Waals surface area (Å²) in [5.41, 5.74) is 0. The van der Waals surface area contributed by atoms with Gasteiger partial charge in [-0.2, -0.15) is 0 Å². The van der Waals surface area contributed by atoms with Gasteiger partial charge in [0.25, 0.3) is 0 Å². The molecule has 2 nitrogen and oxygen atoms in total. The van der Waals surface area contributed by atoms with Crippen molar-refractivity contribution < 1.29 is 4.79 Å². The molecule has 0 saturated heterocycles. The fourth-order valence-electron chi connectivity index (χ4n) is 0.0959. The third-order valence-corrected chi connectivity index (χ3v) is 0.406. The monoisotopic (exact) mass is 115 g/mol. The molecule has 7 heavy (non-hydrogen) atoms. The molecule has 0 aliphatic rings. The van der Waals surface area contributed by atoms with Gasteiger partial charge in [-0.05, 0) is 17.7 Å². The smallest absolute Gasteiger partial charge is 0.234 e. The van der Waals surface area contributed by atoms with E-state index in [4.69, 9.17) is 18.2 Å². The predicted molar refractivity (Wildman–Crippen MR) is 26.6 cm³/mol. The molecule has 0 aromatic carbocycles. The average Bonchev–Trinajstić information content (AvgIpc) is 1.61. The second kappa shape index (κ2) is 3.38. The van der Waals surface area contributed by atoms with Crippen LogP contribution in [0.4, 0.5) is 0 Å². The van der Waals surface area contributed by atoms with Crippen LogP contribution >= 0.6 is 11.6 Å². The Bertz CT molecular complexity index is 133. The van der Waals surface area contributed by atoms with Crippen molar-refractivity contribution in [2.24, 2.45) is 0 Å². The molecule has 0 fully saturated rings. The Balaban J connectivity index is 3.53. The molecule has 3 heteroatoms. The highest BCUT2D eigenvalue weighted by Gasteiger charge is 1.78. The van der Waals surface area contributed by atoms with E-state index in [-0.39, 0.29) is 0 Å². The Labute approximate surface area is 46.2 Å². The number of rotatable bonds is 1. The summed E-state index contributed by atoms with van der Waals surface area (Å²) in [4.78, 5) is 12.5. The van der Waals surface area contributed by atoms with Crippen molar-refractivity contribution in [3.05, 3.63) is 23.7 Å². The SMILES string of the molecule is [C-]#[N+]C=CC(=O)Cl. The Morgan fingerprint density at radius 3 is 2.57 bits per heavy atom. The van der Waals surface area contributed by atoms with Crippen LogP contribution in [0.3, 0.4) is 0 Å². The first-order chi connectivity index (χ1) is 3.27. The van der Waals surface area contributed by atoms with Crippen LogP contribution < -0.4 is 0 Å². The minimum atomic E-state index is -0.615. The van der Waals surface area contributed by atoms with Crippen molar-refractivity contribution in [3.63, 3.8) is 0 Å². The summed E-state index contributed by atoms with van der Waals surface area (Å²) in [5, 5.41) is -0.615. The van der Waals surface area contributed by atoms with Gasteiger partial charge in [-0.25, -0.2) is 4.85 Å². The second-order valence-electron chi connectivity index (χ2n) is 0.749. The first kappa shape index (κ1) is 6.19. The highest BCUT2D eigenvalue weighted by atomic mass is 35.5. The first-order valence-corrected chi connectivity index (χ1v) is 1.87. The normalized spacial score (nSPS) is 8.57. The van der Waals surface area contributed by atoms with Crippen molar-refractivity contribution in [2.45, 2.75) is 0 Å².